The lowest BCUT2D eigenvalue weighted by Crippen LogP contribution is -2.33. The van der Waals surface area contributed by atoms with E-state index in [1.54, 1.807) is 4.90 Å². The number of nitrogens with zero attached hydrogens (tertiary/aromatic N) is 1. The SMILES string of the molecule is C[Si](C)(C)CCOC(=O)N1CC2C(CO)C2C1. The Balaban J connectivity index is 1.66. The van der Waals surface area contributed by atoms with E-state index in [4.69, 9.17) is 9.84 Å². The van der Waals surface area contributed by atoms with Crippen LogP contribution in [0, 0.1) is 17.8 Å². The number of hydrogen-bond donors (Lipinski definition) is 1. The van der Waals surface area contributed by atoms with E-state index in [1.807, 2.05) is 0 Å². The van der Waals surface area contributed by atoms with E-state index in [0.717, 1.165) is 19.1 Å². The number of likely N-dealkylation sites (tertiary alicyclic amines) is 1. The Kier molecular flexibility index (Phi) is 3.50. The molecule has 2 rings (SSSR count). The zero-order valence-corrected chi connectivity index (χ0v) is 12.0. The summed E-state index contributed by atoms with van der Waals surface area (Å²) in [6, 6.07) is 1.03. The summed E-state index contributed by atoms with van der Waals surface area (Å²) in [6.45, 7) is 9.22. The molecule has 2 unspecified atom stereocenters. The first-order chi connectivity index (χ1) is 7.92. The molecule has 4 nitrogen and oxygen atoms in total. The van der Waals surface area contributed by atoms with Gasteiger partial charge in [-0.05, 0) is 23.8 Å². The number of piperidine rings is 1. The maximum atomic E-state index is 11.7. The molecule has 0 radical (unpaired) electrons. The molecule has 17 heavy (non-hydrogen) atoms. The van der Waals surface area contributed by atoms with Crippen molar-refractivity contribution in [2.24, 2.45) is 17.8 Å². The van der Waals surface area contributed by atoms with E-state index in [0.29, 0.717) is 24.4 Å². The average Bonchev–Trinajstić information content (AvgIpc) is 2.68. The van der Waals surface area contributed by atoms with Crippen molar-refractivity contribution >= 4 is 14.2 Å². The Bertz CT molecular complexity index is 291. The van der Waals surface area contributed by atoms with Crippen molar-refractivity contribution in [1.29, 1.82) is 0 Å². The lowest BCUT2D eigenvalue weighted by atomic mass is 10.3. The smallest absolute Gasteiger partial charge is 0.409 e. The van der Waals surface area contributed by atoms with E-state index in [-0.39, 0.29) is 12.7 Å². The summed E-state index contributed by atoms with van der Waals surface area (Å²) in [5, 5.41) is 9.04. The monoisotopic (exact) mass is 257 g/mol. The molecular formula is C12H23NO3Si. The summed E-state index contributed by atoms with van der Waals surface area (Å²) in [5.41, 5.74) is 0. The number of ether oxygens (including phenoxy) is 1. The lowest BCUT2D eigenvalue weighted by molar-refractivity contribution is 0.107. The minimum atomic E-state index is -1.11. The quantitative estimate of drug-likeness (QED) is 0.779. The van der Waals surface area contributed by atoms with Crippen LogP contribution in [0.4, 0.5) is 4.79 Å². The van der Waals surface area contributed by atoms with E-state index >= 15 is 0 Å². The van der Waals surface area contributed by atoms with Gasteiger partial charge < -0.3 is 14.7 Å². The minimum absolute atomic E-state index is 0.160. The summed E-state index contributed by atoms with van der Waals surface area (Å²) in [6.07, 6.45) is -0.160. The van der Waals surface area contributed by atoms with Crippen molar-refractivity contribution in [2.75, 3.05) is 26.3 Å². The first kappa shape index (κ1) is 12.9. The van der Waals surface area contributed by atoms with E-state index < -0.39 is 8.07 Å². The summed E-state index contributed by atoms with van der Waals surface area (Å²) >= 11 is 0. The van der Waals surface area contributed by atoms with Gasteiger partial charge in [-0.3, -0.25) is 0 Å². The van der Waals surface area contributed by atoms with Crippen LogP contribution in [0.5, 0.6) is 0 Å². The van der Waals surface area contributed by atoms with Gasteiger partial charge in [-0.2, -0.15) is 0 Å². The molecule has 0 bridgehead atoms. The topological polar surface area (TPSA) is 49.8 Å². The molecule has 1 amide bonds. The standard InChI is InChI=1S/C12H23NO3Si/c1-17(2,3)5-4-16-12(15)13-6-9-10(7-13)11(9)8-14/h9-11,14H,4-8H2,1-3H3. The number of aliphatic hydroxyl groups is 1. The summed E-state index contributed by atoms with van der Waals surface area (Å²) in [7, 11) is -1.11. The number of rotatable bonds is 4. The van der Waals surface area contributed by atoms with E-state index in [1.165, 1.54) is 0 Å². The molecule has 0 aromatic heterocycles. The van der Waals surface area contributed by atoms with Gasteiger partial charge in [0.1, 0.15) is 0 Å². The van der Waals surface area contributed by atoms with Gasteiger partial charge in [0.15, 0.2) is 0 Å². The molecule has 0 aromatic carbocycles. The van der Waals surface area contributed by atoms with Crippen LogP contribution >= 0.6 is 0 Å². The summed E-state index contributed by atoms with van der Waals surface area (Å²) in [4.78, 5) is 13.5. The van der Waals surface area contributed by atoms with Gasteiger partial charge in [-0.25, -0.2) is 4.79 Å². The Morgan fingerprint density at radius 2 is 1.94 bits per heavy atom. The van der Waals surface area contributed by atoms with Gasteiger partial charge in [-0.1, -0.05) is 19.6 Å². The molecule has 1 aliphatic carbocycles. The number of hydrogen-bond acceptors (Lipinski definition) is 3. The van der Waals surface area contributed by atoms with Crippen molar-refractivity contribution < 1.29 is 14.6 Å². The van der Waals surface area contributed by atoms with Crippen LogP contribution in [0.15, 0.2) is 0 Å². The molecule has 1 heterocycles. The molecule has 98 valence electrons. The number of carbonyl (C=O) groups excluding carboxylic acids is 1. The first-order valence-corrected chi connectivity index (χ1v) is 10.2. The maximum absolute atomic E-state index is 11.7. The van der Waals surface area contributed by atoms with Crippen molar-refractivity contribution in [3.05, 3.63) is 0 Å². The van der Waals surface area contributed by atoms with Gasteiger partial charge in [-0.15, -0.1) is 0 Å². The highest BCUT2D eigenvalue weighted by molar-refractivity contribution is 6.76. The fraction of sp³-hybridized carbons (Fsp3) is 0.917. The van der Waals surface area contributed by atoms with Crippen LogP contribution in [0.25, 0.3) is 0 Å². The van der Waals surface area contributed by atoms with Gasteiger partial charge in [0.25, 0.3) is 0 Å². The third-order valence-electron chi connectivity index (χ3n) is 3.92. The molecule has 1 N–H and O–H groups in total. The van der Waals surface area contributed by atoms with Crippen LogP contribution in [0.2, 0.25) is 25.7 Å². The van der Waals surface area contributed by atoms with Crippen LogP contribution in [-0.2, 0) is 4.74 Å². The van der Waals surface area contributed by atoms with E-state index in [9.17, 15) is 4.79 Å². The predicted octanol–water partition coefficient (Wildman–Crippen LogP) is 1.63. The van der Waals surface area contributed by atoms with Crippen molar-refractivity contribution in [2.45, 2.75) is 25.7 Å². The fourth-order valence-corrected chi connectivity index (χ4v) is 3.32. The number of aliphatic hydroxyl groups excluding tert-OH is 1. The Labute approximate surface area is 104 Å². The normalized spacial score (nSPS) is 31.3. The van der Waals surface area contributed by atoms with E-state index in [2.05, 4.69) is 19.6 Å². The Morgan fingerprint density at radius 3 is 2.41 bits per heavy atom. The molecular weight excluding hydrogens is 234 g/mol. The van der Waals surface area contributed by atoms with Gasteiger partial charge in [0, 0.05) is 27.8 Å². The van der Waals surface area contributed by atoms with Gasteiger partial charge in [0.05, 0.1) is 6.61 Å². The third-order valence-corrected chi connectivity index (χ3v) is 5.62. The highest BCUT2D eigenvalue weighted by atomic mass is 28.3. The third kappa shape index (κ3) is 3.01. The van der Waals surface area contributed by atoms with Gasteiger partial charge in [0.2, 0.25) is 0 Å². The van der Waals surface area contributed by atoms with Gasteiger partial charge >= 0.3 is 6.09 Å². The highest BCUT2D eigenvalue weighted by Gasteiger charge is 2.56. The zero-order valence-electron chi connectivity index (χ0n) is 11.0. The van der Waals surface area contributed by atoms with Crippen molar-refractivity contribution in [3.63, 3.8) is 0 Å². The first-order valence-electron chi connectivity index (χ1n) is 6.45. The highest BCUT2D eigenvalue weighted by Crippen LogP contribution is 2.51. The number of amides is 1. The molecule has 0 spiro atoms. The second-order valence-electron chi connectivity index (χ2n) is 6.50. The second-order valence-corrected chi connectivity index (χ2v) is 12.1. The Morgan fingerprint density at radius 1 is 1.35 bits per heavy atom. The van der Waals surface area contributed by atoms with Crippen LogP contribution in [-0.4, -0.2) is 50.5 Å². The molecule has 5 heteroatoms. The fourth-order valence-electron chi connectivity index (χ4n) is 2.61. The molecule has 1 saturated carbocycles. The average molecular weight is 257 g/mol. The molecule has 1 saturated heterocycles. The largest absolute Gasteiger partial charge is 0.450 e. The molecule has 2 atom stereocenters. The van der Waals surface area contributed by atoms with Crippen LogP contribution in [0.1, 0.15) is 0 Å². The molecule has 0 aromatic rings. The Hall–Kier alpha value is -0.553. The van der Waals surface area contributed by atoms with Crippen LogP contribution in [0.3, 0.4) is 0 Å². The molecule has 2 aliphatic rings. The zero-order chi connectivity index (χ0) is 12.6. The maximum Gasteiger partial charge on any atom is 0.409 e. The number of fused-ring (bicyclic) bond motifs is 1. The summed E-state index contributed by atoms with van der Waals surface area (Å²) < 4.78 is 5.30. The predicted molar refractivity (Wildman–Crippen MR) is 68.6 cm³/mol. The van der Waals surface area contributed by atoms with Crippen molar-refractivity contribution in [3.8, 4) is 0 Å². The number of carbonyl (C=O) groups is 1. The second kappa shape index (κ2) is 4.61. The molecule has 2 fully saturated rings. The summed E-state index contributed by atoms with van der Waals surface area (Å²) in [5.74, 6) is 1.51. The van der Waals surface area contributed by atoms with Crippen LogP contribution < -0.4 is 0 Å². The van der Waals surface area contributed by atoms with Crippen molar-refractivity contribution in [1.82, 2.24) is 4.90 Å². The minimum Gasteiger partial charge on any atom is -0.450 e. The molecule has 1 aliphatic heterocycles. The lowest BCUT2D eigenvalue weighted by Gasteiger charge is -2.21.